The van der Waals surface area contributed by atoms with Crippen LogP contribution in [0.3, 0.4) is 0 Å². The summed E-state index contributed by atoms with van der Waals surface area (Å²) < 4.78 is 10.9. The molecule has 1 N–H and O–H groups in total. The van der Waals surface area contributed by atoms with E-state index in [2.05, 4.69) is 0 Å². The SMILES string of the molecule is CC(=O)c1cc(OCCc2ccoc2C)ccc1CCC(=O)O. The van der Waals surface area contributed by atoms with Crippen molar-refractivity contribution in [2.24, 2.45) is 0 Å². The molecule has 1 aromatic carbocycles. The zero-order chi connectivity index (χ0) is 16.8. The van der Waals surface area contributed by atoms with Crippen LogP contribution in [0.1, 0.15) is 40.6 Å². The second kappa shape index (κ2) is 7.63. The van der Waals surface area contributed by atoms with Gasteiger partial charge in [-0.2, -0.15) is 0 Å². The Labute approximate surface area is 134 Å². The molecule has 1 heterocycles. The molecule has 2 aromatic rings. The summed E-state index contributed by atoms with van der Waals surface area (Å²) in [4.78, 5) is 22.4. The van der Waals surface area contributed by atoms with Crippen LogP contribution in [0.5, 0.6) is 5.75 Å². The molecule has 0 radical (unpaired) electrons. The van der Waals surface area contributed by atoms with Crippen molar-refractivity contribution in [2.75, 3.05) is 6.61 Å². The molecule has 0 amide bonds. The van der Waals surface area contributed by atoms with Gasteiger partial charge in [0, 0.05) is 18.4 Å². The molecule has 0 aliphatic rings. The van der Waals surface area contributed by atoms with Gasteiger partial charge in [0.1, 0.15) is 11.5 Å². The number of aliphatic carboxylic acids is 1. The minimum absolute atomic E-state index is 0.000248. The normalized spacial score (nSPS) is 10.5. The van der Waals surface area contributed by atoms with Gasteiger partial charge in [-0.15, -0.1) is 0 Å². The molecule has 5 nitrogen and oxygen atoms in total. The molecule has 1 aromatic heterocycles. The van der Waals surface area contributed by atoms with Gasteiger partial charge in [-0.1, -0.05) is 6.07 Å². The molecule has 2 rings (SSSR count). The predicted molar refractivity (Wildman–Crippen MR) is 85.0 cm³/mol. The van der Waals surface area contributed by atoms with Crippen LogP contribution in [0.15, 0.2) is 34.9 Å². The van der Waals surface area contributed by atoms with Crippen molar-refractivity contribution in [3.8, 4) is 5.75 Å². The summed E-state index contributed by atoms with van der Waals surface area (Å²) in [6, 6.07) is 7.13. The second-order valence-electron chi connectivity index (χ2n) is 5.37. The largest absolute Gasteiger partial charge is 0.493 e. The van der Waals surface area contributed by atoms with Crippen molar-refractivity contribution in [1.29, 1.82) is 0 Å². The van der Waals surface area contributed by atoms with Crippen LogP contribution in [-0.4, -0.2) is 23.5 Å². The van der Waals surface area contributed by atoms with Crippen molar-refractivity contribution in [1.82, 2.24) is 0 Å². The van der Waals surface area contributed by atoms with E-state index >= 15 is 0 Å². The topological polar surface area (TPSA) is 76.7 Å². The van der Waals surface area contributed by atoms with Crippen LogP contribution in [0.4, 0.5) is 0 Å². The van der Waals surface area contributed by atoms with Crippen LogP contribution < -0.4 is 4.74 Å². The molecule has 122 valence electrons. The predicted octanol–water partition coefficient (Wildman–Crippen LogP) is 3.43. The first kappa shape index (κ1) is 16.8. The van der Waals surface area contributed by atoms with Gasteiger partial charge in [-0.25, -0.2) is 0 Å². The fourth-order valence-electron chi connectivity index (χ4n) is 2.38. The lowest BCUT2D eigenvalue weighted by molar-refractivity contribution is -0.136. The Bertz CT molecular complexity index is 699. The zero-order valence-corrected chi connectivity index (χ0v) is 13.3. The number of Topliss-reactive ketones (excluding diaryl/α,β-unsaturated/α-hetero) is 1. The van der Waals surface area contributed by atoms with E-state index in [1.54, 1.807) is 24.5 Å². The Balaban J connectivity index is 2.02. The number of ether oxygens (including phenoxy) is 1. The number of carboxylic acids is 1. The molecule has 0 unspecified atom stereocenters. The minimum Gasteiger partial charge on any atom is -0.493 e. The van der Waals surface area contributed by atoms with E-state index in [1.807, 2.05) is 13.0 Å². The van der Waals surface area contributed by atoms with E-state index in [-0.39, 0.29) is 12.2 Å². The molecule has 0 bridgehead atoms. The zero-order valence-electron chi connectivity index (χ0n) is 13.3. The summed E-state index contributed by atoms with van der Waals surface area (Å²) >= 11 is 0. The van der Waals surface area contributed by atoms with Gasteiger partial charge in [-0.3, -0.25) is 9.59 Å². The van der Waals surface area contributed by atoms with Crippen molar-refractivity contribution in [2.45, 2.75) is 33.1 Å². The van der Waals surface area contributed by atoms with Gasteiger partial charge >= 0.3 is 5.97 Å². The molecule has 0 saturated carbocycles. The number of hydrogen-bond acceptors (Lipinski definition) is 4. The molecule has 0 saturated heterocycles. The number of benzene rings is 1. The van der Waals surface area contributed by atoms with Crippen molar-refractivity contribution >= 4 is 11.8 Å². The highest BCUT2D eigenvalue weighted by atomic mass is 16.5. The molecule has 0 atom stereocenters. The molecule has 0 spiro atoms. The van der Waals surface area contributed by atoms with E-state index in [0.717, 1.165) is 23.3 Å². The van der Waals surface area contributed by atoms with Gasteiger partial charge in [0.15, 0.2) is 5.78 Å². The fourth-order valence-corrected chi connectivity index (χ4v) is 2.38. The summed E-state index contributed by atoms with van der Waals surface area (Å²) in [6.45, 7) is 3.85. The Morgan fingerprint density at radius 3 is 2.57 bits per heavy atom. The van der Waals surface area contributed by atoms with Crippen LogP contribution in [0.2, 0.25) is 0 Å². The van der Waals surface area contributed by atoms with Crippen LogP contribution in [0, 0.1) is 6.92 Å². The van der Waals surface area contributed by atoms with Crippen LogP contribution in [0.25, 0.3) is 0 Å². The molecule has 0 aliphatic heterocycles. The van der Waals surface area contributed by atoms with Gasteiger partial charge < -0.3 is 14.3 Å². The Hall–Kier alpha value is -2.56. The van der Waals surface area contributed by atoms with Crippen molar-refractivity contribution < 1.29 is 23.8 Å². The second-order valence-corrected chi connectivity index (χ2v) is 5.37. The fraction of sp³-hybridized carbons (Fsp3) is 0.333. The van der Waals surface area contributed by atoms with Crippen LogP contribution in [-0.2, 0) is 17.6 Å². The van der Waals surface area contributed by atoms with E-state index < -0.39 is 5.97 Å². The highest BCUT2D eigenvalue weighted by Gasteiger charge is 2.11. The summed E-state index contributed by atoms with van der Waals surface area (Å²) in [5, 5.41) is 8.77. The minimum atomic E-state index is -0.879. The number of rotatable bonds is 8. The maximum Gasteiger partial charge on any atom is 0.303 e. The first-order chi connectivity index (χ1) is 11.0. The summed E-state index contributed by atoms with van der Waals surface area (Å²) in [7, 11) is 0. The number of carboxylic acid groups (broad SMARTS) is 1. The third-order valence-corrected chi connectivity index (χ3v) is 3.68. The molecular formula is C18H20O5. The number of carbonyl (C=O) groups excluding carboxylic acids is 1. The number of aryl methyl sites for hydroxylation is 2. The molecule has 0 fully saturated rings. The third-order valence-electron chi connectivity index (χ3n) is 3.68. The first-order valence-corrected chi connectivity index (χ1v) is 7.49. The summed E-state index contributed by atoms with van der Waals surface area (Å²) in [6.07, 6.45) is 2.70. The Morgan fingerprint density at radius 1 is 1.17 bits per heavy atom. The molecule has 5 heteroatoms. The maximum absolute atomic E-state index is 11.8. The monoisotopic (exact) mass is 316 g/mol. The smallest absolute Gasteiger partial charge is 0.303 e. The number of ketones is 1. The average Bonchev–Trinajstić information content (AvgIpc) is 2.91. The van der Waals surface area contributed by atoms with Gasteiger partial charge in [0.2, 0.25) is 0 Å². The van der Waals surface area contributed by atoms with Crippen LogP contribution >= 0.6 is 0 Å². The quantitative estimate of drug-likeness (QED) is 0.755. The lowest BCUT2D eigenvalue weighted by Crippen LogP contribution is -2.06. The van der Waals surface area contributed by atoms with E-state index in [9.17, 15) is 9.59 Å². The lowest BCUT2D eigenvalue weighted by atomic mass is 10.00. The van der Waals surface area contributed by atoms with E-state index in [4.69, 9.17) is 14.3 Å². The summed E-state index contributed by atoms with van der Waals surface area (Å²) in [5.74, 6) is 0.509. The van der Waals surface area contributed by atoms with Crippen molar-refractivity contribution in [3.63, 3.8) is 0 Å². The first-order valence-electron chi connectivity index (χ1n) is 7.49. The highest BCUT2D eigenvalue weighted by molar-refractivity contribution is 5.96. The van der Waals surface area contributed by atoms with E-state index in [0.29, 0.717) is 24.3 Å². The third kappa shape index (κ3) is 4.71. The lowest BCUT2D eigenvalue weighted by Gasteiger charge is -2.10. The number of carbonyl (C=O) groups is 2. The maximum atomic E-state index is 11.8. The molecular weight excluding hydrogens is 296 g/mol. The number of furan rings is 1. The molecule has 0 aliphatic carbocycles. The number of hydrogen-bond donors (Lipinski definition) is 1. The standard InChI is InChI=1S/C18H20O5/c1-12(19)17-11-16(5-3-15(17)4-6-18(20)21)23-10-8-14-7-9-22-13(14)2/h3,5,7,9,11H,4,6,8,10H2,1-2H3,(H,20,21). The average molecular weight is 316 g/mol. The van der Waals surface area contributed by atoms with E-state index in [1.165, 1.54) is 6.92 Å². The van der Waals surface area contributed by atoms with Gasteiger partial charge in [-0.05, 0) is 49.6 Å². The highest BCUT2D eigenvalue weighted by Crippen LogP contribution is 2.20. The van der Waals surface area contributed by atoms with Gasteiger partial charge in [0.25, 0.3) is 0 Å². The van der Waals surface area contributed by atoms with Crippen molar-refractivity contribution in [3.05, 3.63) is 53.0 Å². The Morgan fingerprint density at radius 2 is 1.96 bits per heavy atom. The molecule has 23 heavy (non-hydrogen) atoms. The summed E-state index contributed by atoms with van der Waals surface area (Å²) in [5.41, 5.74) is 2.34. The Kier molecular flexibility index (Phi) is 5.57. The van der Waals surface area contributed by atoms with Gasteiger partial charge in [0.05, 0.1) is 12.9 Å².